The molecule has 0 bridgehead atoms. The van der Waals surface area contributed by atoms with Crippen LogP contribution in [0.15, 0.2) is 25.3 Å². The van der Waals surface area contributed by atoms with Crippen molar-refractivity contribution < 1.29 is 14.3 Å². The van der Waals surface area contributed by atoms with Crippen molar-refractivity contribution in [1.29, 1.82) is 0 Å². The minimum atomic E-state index is -0.400. The normalized spacial score (nSPS) is 7.47. The van der Waals surface area contributed by atoms with Crippen LogP contribution in [0.25, 0.3) is 0 Å². The average Bonchev–Trinajstić information content (AvgIpc) is 2.35. The Morgan fingerprint density at radius 2 is 1.59 bits per heavy atom. The van der Waals surface area contributed by atoms with Crippen molar-refractivity contribution in [2.24, 2.45) is 0 Å². The lowest BCUT2D eigenvalue weighted by Gasteiger charge is -2.09. The molecule has 3 nitrogen and oxygen atoms in total. The standard InChI is InChI=1S/C9H14O2.C5H4O/c1-4-7-8-9(10-5-2)11-6-3;1-2-3-4-5-6/h4,9H,1,5-6H2,2-3H3;2,5H,1H2. The monoisotopic (exact) mass is 234 g/mol. The smallest absolute Gasteiger partial charge is 0.222 e. The quantitative estimate of drug-likeness (QED) is 0.424. The molecule has 0 spiro atoms. The molecule has 0 heterocycles. The van der Waals surface area contributed by atoms with Crippen molar-refractivity contribution in [3.8, 4) is 23.7 Å². The second-order valence-electron chi connectivity index (χ2n) is 2.35. The van der Waals surface area contributed by atoms with Gasteiger partial charge in [0.25, 0.3) is 0 Å². The maximum absolute atomic E-state index is 9.34. The molecule has 0 N–H and O–H groups in total. The number of aldehydes is 1. The van der Waals surface area contributed by atoms with Crippen LogP contribution in [0.2, 0.25) is 0 Å². The van der Waals surface area contributed by atoms with Gasteiger partial charge in [-0.25, -0.2) is 0 Å². The fourth-order valence-corrected chi connectivity index (χ4v) is 0.654. The zero-order valence-electron chi connectivity index (χ0n) is 10.4. The van der Waals surface area contributed by atoms with E-state index in [1.165, 1.54) is 12.2 Å². The summed E-state index contributed by atoms with van der Waals surface area (Å²) in [4.78, 5) is 9.34. The molecule has 0 saturated carbocycles. The molecule has 0 atom stereocenters. The van der Waals surface area contributed by atoms with Crippen molar-refractivity contribution in [1.82, 2.24) is 0 Å². The number of carbonyl (C=O) groups is 1. The lowest BCUT2D eigenvalue weighted by Crippen LogP contribution is -2.14. The Balaban J connectivity index is 0. The van der Waals surface area contributed by atoms with E-state index < -0.39 is 6.29 Å². The Morgan fingerprint density at radius 3 is 1.88 bits per heavy atom. The molecular formula is C14H18O3. The molecule has 0 unspecified atom stereocenters. The van der Waals surface area contributed by atoms with Gasteiger partial charge in [-0.05, 0) is 37.8 Å². The zero-order chi connectivity index (χ0) is 13.4. The lowest BCUT2D eigenvalue weighted by molar-refractivity contribution is -0.103. The summed E-state index contributed by atoms with van der Waals surface area (Å²) in [7, 11) is 0. The third kappa shape index (κ3) is 16.8. The maximum Gasteiger partial charge on any atom is 0.222 e. The first-order valence-electron chi connectivity index (χ1n) is 5.17. The fraction of sp³-hybridized carbons (Fsp3) is 0.357. The molecule has 0 aliphatic carbocycles. The predicted octanol–water partition coefficient (Wildman–Crippen LogP) is 1.95. The summed E-state index contributed by atoms with van der Waals surface area (Å²) in [5.41, 5.74) is 0. The Morgan fingerprint density at radius 1 is 1.06 bits per heavy atom. The van der Waals surface area contributed by atoms with Crippen molar-refractivity contribution in [3.05, 3.63) is 25.3 Å². The highest BCUT2D eigenvalue weighted by Gasteiger charge is 2.00. The molecule has 0 radical (unpaired) electrons. The highest BCUT2D eigenvalue weighted by atomic mass is 16.7. The Bertz CT molecular complexity index is 305. The van der Waals surface area contributed by atoms with E-state index >= 15 is 0 Å². The van der Waals surface area contributed by atoms with Crippen LogP contribution in [0.4, 0.5) is 0 Å². The highest BCUT2D eigenvalue weighted by molar-refractivity contribution is 5.73. The summed E-state index contributed by atoms with van der Waals surface area (Å²) in [6.45, 7) is 11.8. The maximum atomic E-state index is 9.34. The van der Waals surface area contributed by atoms with E-state index in [1.54, 1.807) is 0 Å². The first-order valence-corrected chi connectivity index (χ1v) is 5.17. The van der Waals surface area contributed by atoms with Gasteiger partial charge in [0, 0.05) is 13.2 Å². The largest absolute Gasteiger partial charge is 0.342 e. The third-order valence-corrected chi connectivity index (χ3v) is 1.18. The average molecular weight is 234 g/mol. The summed E-state index contributed by atoms with van der Waals surface area (Å²) < 4.78 is 10.3. The van der Waals surface area contributed by atoms with Gasteiger partial charge in [0.15, 0.2) is 6.29 Å². The molecule has 0 aliphatic rings. The van der Waals surface area contributed by atoms with E-state index in [4.69, 9.17) is 9.47 Å². The van der Waals surface area contributed by atoms with Gasteiger partial charge in [0.1, 0.15) is 0 Å². The van der Waals surface area contributed by atoms with Gasteiger partial charge in [-0.2, -0.15) is 0 Å². The van der Waals surface area contributed by atoms with E-state index in [0.29, 0.717) is 19.5 Å². The van der Waals surface area contributed by atoms with Crippen molar-refractivity contribution in [3.63, 3.8) is 0 Å². The van der Waals surface area contributed by atoms with Crippen LogP contribution >= 0.6 is 0 Å². The molecule has 0 fully saturated rings. The van der Waals surface area contributed by atoms with Crippen LogP contribution in [0.1, 0.15) is 13.8 Å². The molecule has 3 heteroatoms. The summed E-state index contributed by atoms with van der Waals surface area (Å²) >= 11 is 0. The molecule has 0 rings (SSSR count). The van der Waals surface area contributed by atoms with Crippen LogP contribution in [-0.4, -0.2) is 25.8 Å². The Labute approximate surface area is 103 Å². The fourth-order valence-electron chi connectivity index (χ4n) is 0.654. The lowest BCUT2D eigenvalue weighted by atomic mass is 10.5. The summed E-state index contributed by atoms with van der Waals surface area (Å²) in [5, 5.41) is 0. The molecule has 0 aromatic rings. The van der Waals surface area contributed by atoms with Gasteiger partial charge in [0.05, 0.1) is 0 Å². The first-order chi connectivity index (χ1) is 8.26. The van der Waals surface area contributed by atoms with E-state index in [9.17, 15) is 4.79 Å². The first kappa shape index (κ1) is 17.6. The zero-order valence-corrected chi connectivity index (χ0v) is 10.4. The number of hydrogen-bond acceptors (Lipinski definition) is 3. The van der Waals surface area contributed by atoms with Crippen LogP contribution in [-0.2, 0) is 14.3 Å². The van der Waals surface area contributed by atoms with E-state index in [0.717, 1.165) is 0 Å². The van der Waals surface area contributed by atoms with Gasteiger partial charge in [-0.15, -0.1) is 0 Å². The number of hydrogen-bond donors (Lipinski definition) is 0. The second kappa shape index (κ2) is 16.6. The molecular weight excluding hydrogens is 216 g/mol. The SMILES string of the molecule is C=CC#CC(OCC)OCC.C=CC#CC=O. The summed E-state index contributed by atoms with van der Waals surface area (Å²) in [6, 6.07) is 0. The predicted molar refractivity (Wildman–Crippen MR) is 69.1 cm³/mol. The molecule has 92 valence electrons. The molecule has 17 heavy (non-hydrogen) atoms. The number of rotatable bonds is 4. The second-order valence-corrected chi connectivity index (χ2v) is 2.35. The van der Waals surface area contributed by atoms with Crippen molar-refractivity contribution in [2.45, 2.75) is 20.1 Å². The van der Waals surface area contributed by atoms with Gasteiger partial charge in [-0.3, -0.25) is 4.79 Å². The van der Waals surface area contributed by atoms with Crippen molar-refractivity contribution in [2.75, 3.05) is 13.2 Å². The molecule has 0 aromatic heterocycles. The number of allylic oxidation sites excluding steroid dienone is 2. The topological polar surface area (TPSA) is 35.5 Å². The Hall–Kier alpha value is -1.81. The summed E-state index contributed by atoms with van der Waals surface area (Å²) in [6.07, 6.45) is 3.02. The Kier molecular flexibility index (Phi) is 17.2. The summed E-state index contributed by atoms with van der Waals surface area (Å²) in [5.74, 6) is 9.93. The molecule has 0 amide bonds. The number of ether oxygens (including phenoxy) is 2. The number of carbonyl (C=O) groups excluding carboxylic acids is 1. The third-order valence-electron chi connectivity index (χ3n) is 1.18. The van der Waals surface area contributed by atoms with Crippen LogP contribution in [0.5, 0.6) is 0 Å². The van der Waals surface area contributed by atoms with E-state index in [2.05, 4.69) is 36.8 Å². The van der Waals surface area contributed by atoms with Gasteiger partial charge >= 0.3 is 0 Å². The minimum absolute atomic E-state index is 0.400. The van der Waals surface area contributed by atoms with Crippen LogP contribution in [0, 0.1) is 23.7 Å². The minimum Gasteiger partial charge on any atom is -0.342 e. The van der Waals surface area contributed by atoms with Crippen LogP contribution in [0.3, 0.4) is 0 Å². The van der Waals surface area contributed by atoms with Gasteiger partial charge in [0.2, 0.25) is 6.29 Å². The molecule has 0 aromatic carbocycles. The van der Waals surface area contributed by atoms with E-state index in [1.807, 2.05) is 13.8 Å². The van der Waals surface area contributed by atoms with Crippen molar-refractivity contribution >= 4 is 6.29 Å². The molecule has 0 saturated heterocycles. The van der Waals surface area contributed by atoms with E-state index in [-0.39, 0.29) is 0 Å². The highest BCUT2D eigenvalue weighted by Crippen LogP contribution is 1.91. The van der Waals surface area contributed by atoms with Gasteiger partial charge in [-0.1, -0.05) is 25.0 Å². The molecule has 0 aliphatic heterocycles. The van der Waals surface area contributed by atoms with Gasteiger partial charge < -0.3 is 9.47 Å². The van der Waals surface area contributed by atoms with Crippen LogP contribution < -0.4 is 0 Å².